The Labute approximate surface area is 149 Å². The van der Waals surface area contributed by atoms with Gasteiger partial charge in [-0.1, -0.05) is 13.3 Å². The zero-order valence-electron chi connectivity index (χ0n) is 15.0. The average molecular weight is 351 g/mol. The van der Waals surface area contributed by atoms with Gasteiger partial charge >= 0.3 is 5.97 Å². The largest absolute Gasteiger partial charge is 0.480 e. The highest BCUT2D eigenvalue weighted by Crippen LogP contribution is 2.18. The Balaban J connectivity index is 2.59. The summed E-state index contributed by atoms with van der Waals surface area (Å²) in [5.41, 5.74) is 1.57. The second kappa shape index (κ2) is 11.4. The van der Waals surface area contributed by atoms with Gasteiger partial charge in [0.2, 0.25) is 5.91 Å². The molecule has 140 valence electrons. The maximum absolute atomic E-state index is 12.1. The number of anilines is 2. The molecule has 4 N–H and O–H groups in total. The molecular weight excluding hydrogens is 322 g/mol. The van der Waals surface area contributed by atoms with Crippen LogP contribution in [0.3, 0.4) is 0 Å². The summed E-state index contributed by atoms with van der Waals surface area (Å²) in [6.45, 7) is 6.00. The summed E-state index contributed by atoms with van der Waals surface area (Å²) < 4.78 is 0. The molecule has 1 aromatic carbocycles. The molecular formula is C18H29N3O4. The minimum absolute atomic E-state index is 0.0773. The van der Waals surface area contributed by atoms with E-state index in [2.05, 4.69) is 10.6 Å². The molecule has 0 saturated carbocycles. The summed E-state index contributed by atoms with van der Waals surface area (Å²) in [6, 6.07) is 6.39. The van der Waals surface area contributed by atoms with Gasteiger partial charge in [0.25, 0.3) is 0 Å². The number of nitrogens with zero attached hydrogens (tertiary/aromatic N) is 1. The van der Waals surface area contributed by atoms with Crippen LogP contribution in [0.15, 0.2) is 24.3 Å². The average Bonchev–Trinajstić information content (AvgIpc) is 2.59. The van der Waals surface area contributed by atoms with Crippen molar-refractivity contribution in [2.24, 2.45) is 0 Å². The number of carboxylic acid groups (broad SMARTS) is 1. The van der Waals surface area contributed by atoms with Gasteiger partial charge < -0.3 is 25.7 Å². The Kier molecular flexibility index (Phi) is 9.57. The predicted octanol–water partition coefficient (Wildman–Crippen LogP) is 1.68. The van der Waals surface area contributed by atoms with Crippen molar-refractivity contribution < 1.29 is 19.8 Å². The van der Waals surface area contributed by atoms with Crippen LogP contribution in [0.2, 0.25) is 0 Å². The lowest BCUT2D eigenvalue weighted by atomic mass is 10.1. The van der Waals surface area contributed by atoms with E-state index in [-0.39, 0.29) is 18.9 Å². The van der Waals surface area contributed by atoms with Gasteiger partial charge in [-0.25, -0.2) is 0 Å². The van der Waals surface area contributed by atoms with E-state index >= 15 is 0 Å². The van der Waals surface area contributed by atoms with Gasteiger partial charge in [0.1, 0.15) is 6.04 Å². The first-order chi connectivity index (χ1) is 12.0. The van der Waals surface area contributed by atoms with E-state index < -0.39 is 12.0 Å². The maximum Gasteiger partial charge on any atom is 0.321 e. The Morgan fingerprint density at radius 2 is 1.88 bits per heavy atom. The second-order valence-corrected chi connectivity index (χ2v) is 5.80. The third-order valence-corrected chi connectivity index (χ3v) is 3.88. The van der Waals surface area contributed by atoms with Crippen LogP contribution < -0.4 is 15.5 Å². The summed E-state index contributed by atoms with van der Waals surface area (Å²) >= 11 is 0. The molecule has 0 aliphatic carbocycles. The fourth-order valence-corrected chi connectivity index (χ4v) is 2.44. The minimum atomic E-state index is -1.02. The fraction of sp³-hybridized carbons (Fsp3) is 0.556. The lowest BCUT2D eigenvalue weighted by Gasteiger charge is -2.22. The number of benzene rings is 1. The number of likely N-dealkylation sites (N-methyl/N-ethyl adjacent to an activating group) is 1. The molecule has 25 heavy (non-hydrogen) atoms. The number of hydrogen-bond donors (Lipinski definition) is 4. The van der Waals surface area contributed by atoms with E-state index in [0.717, 1.165) is 25.1 Å². The molecule has 7 nitrogen and oxygen atoms in total. The Morgan fingerprint density at radius 1 is 1.20 bits per heavy atom. The van der Waals surface area contributed by atoms with Crippen molar-refractivity contribution in [2.75, 3.05) is 36.5 Å². The number of aliphatic hydroxyl groups is 1. The summed E-state index contributed by atoms with van der Waals surface area (Å²) in [7, 11) is 0. The number of unbranched alkanes of at least 4 members (excludes halogenated alkanes) is 1. The van der Waals surface area contributed by atoms with Crippen LogP contribution in [0.5, 0.6) is 0 Å². The zero-order chi connectivity index (χ0) is 18.7. The van der Waals surface area contributed by atoms with Gasteiger partial charge in [0, 0.05) is 24.5 Å². The molecule has 0 spiro atoms. The van der Waals surface area contributed by atoms with E-state index in [4.69, 9.17) is 5.11 Å². The molecule has 1 aromatic rings. The van der Waals surface area contributed by atoms with Crippen LogP contribution in [0, 0.1) is 0 Å². The third-order valence-electron chi connectivity index (χ3n) is 3.88. The molecule has 1 rings (SSSR count). The zero-order valence-corrected chi connectivity index (χ0v) is 15.0. The van der Waals surface area contributed by atoms with Crippen molar-refractivity contribution in [3.05, 3.63) is 24.3 Å². The van der Waals surface area contributed by atoms with Crippen LogP contribution in [0.25, 0.3) is 0 Å². The molecule has 1 unspecified atom stereocenters. The Bertz CT molecular complexity index is 534. The monoisotopic (exact) mass is 351 g/mol. The minimum Gasteiger partial charge on any atom is -0.480 e. The van der Waals surface area contributed by atoms with Crippen LogP contribution >= 0.6 is 0 Å². The standard InChI is InChI=1S/C18H29N3O4/c1-3-5-10-19-16(18(24)25)13-17(23)20-14-6-8-15(9-7-14)21(4-2)11-12-22/h6-9,16,19,22H,3-5,10-13H2,1-2H3,(H,20,23)(H,24,25). The Hall–Kier alpha value is -2.12. The van der Waals surface area contributed by atoms with Crippen LogP contribution in [-0.4, -0.2) is 54.4 Å². The first-order valence-corrected chi connectivity index (χ1v) is 8.73. The first-order valence-electron chi connectivity index (χ1n) is 8.73. The van der Waals surface area contributed by atoms with E-state index in [9.17, 15) is 14.7 Å². The molecule has 1 amide bonds. The summed E-state index contributed by atoms with van der Waals surface area (Å²) in [6.07, 6.45) is 1.71. The highest BCUT2D eigenvalue weighted by molar-refractivity contribution is 5.94. The smallest absolute Gasteiger partial charge is 0.321 e. The number of nitrogens with one attached hydrogen (secondary N) is 2. The summed E-state index contributed by atoms with van der Waals surface area (Å²) in [5.74, 6) is -1.36. The van der Waals surface area contributed by atoms with Crippen molar-refractivity contribution in [1.29, 1.82) is 0 Å². The van der Waals surface area contributed by atoms with Crippen molar-refractivity contribution in [2.45, 2.75) is 39.2 Å². The van der Waals surface area contributed by atoms with E-state index in [1.165, 1.54) is 0 Å². The number of amides is 1. The Morgan fingerprint density at radius 3 is 2.40 bits per heavy atom. The van der Waals surface area contributed by atoms with Gasteiger partial charge in [-0.15, -0.1) is 0 Å². The quantitative estimate of drug-likeness (QED) is 0.427. The number of aliphatic hydroxyl groups excluding tert-OH is 1. The molecule has 0 saturated heterocycles. The van der Waals surface area contributed by atoms with Gasteiger partial charge in [-0.2, -0.15) is 0 Å². The highest BCUT2D eigenvalue weighted by atomic mass is 16.4. The highest BCUT2D eigenvalue weighted by Gasteiger charge is 2.20. The molecule has 0 aliphatic heterocycles. The van der Waals surface area contributed by atoms with Crippen molar-refractivity contribution >= 4 is 23.3 Å². The molecule has 1 atom stereocenters. The van der Waals surface area contributed by atoms with Gasteiger partial charge in [-0.05, 0) is 44.2 Å². The summed E-state index contributed by atoms with van der Waals surface area (Å²) in [5, 5.41) is 23.9. The number of rotatable bonds is 12. The molecule has 0 radical (unpaired) electrons. The van der Waals surface area contributed by atoms with E-state index in [1.54, 1.807) is 12.1 Å². The molecule has 0 heterocycles. The molecule has 7 heteroatoms. The molecule has 0 bridgehead atoms. The van der Waals surface area contributed by atoms with Crippen LogP contribution in [0.4, 0.5) is 11.4 Å². The van der Waals surface area contributed by atoms with Crippen molar-refractivity contribution in [3.63, 3.8) is 0 Å². The topological polar surface area (TPSA) is 102 Å². The van der Waals surface area contributed by atoms with Gasteiger partial charge in [0.05, 0.1) is 13.0 Å². The maximum atomic E-state index is 12.1. The fourth-order valence-electron chi connectivity index (χ4n) is 2.44. The predicted molar refractivity (Wildman–Crippen MR) is 99.0 cm³/mol. The van der Waals surface area contributed by atoms with E-state index in [1.807, 2.05) is 30.9 Å². The lowest BCUT2D eigenvalue weighted by Crippen LogP contribution is -2.40. The first kappa shape index (κ1) is 20.9. The second-order valence-electron chi connectivity index (χ2n) is 5.80. The van der Waals surface area contributed by atoms with Gasteiger partial charge in [0.15, 0.2) is 0 Å². The van der Waals surface area contributed by atoms with Gasteiger partial charge in [-0.3, -0.25) is 9.59 Å². The third kappa shape index (κ3) is 7.53. The summed E-state index contributed by atoms with van der Waals surface area (Å²) in [4.78, 5) is 25.3. The van der Waals surface area contributed by atoms with E-state index in [0.29, 0.717) is 18.8 Å². The SMILES string of the molecule is CCCCNC(CC(=O)Nc1ccc(N(CC)CCO)cc1)C(=O)O. The van der Waals surface area contributed by atoms with Crippen LogP contribution in [0.1, 0.15) is 33.1 Å². The number of carboxylic acids is 1. The molecule has 0 aromatic heterocycles. The number of aliphatic carboxylic acids is 1. The lowest BCUT2D eigenvalue weighted by molar-refractivity contribution is -0.141. The normalized spacial score (nSPS) is 11.8. The molecule has 0 fully saturated rings. The van der Waals surface area contributed by atoms with Crippen molar-refractivity contribution in [3.8, 4) is 0 Å². The number of carbonyl (C=O) groups excluding carboxylic acids is 1. The number of carbonyl (C=O) groups is 2. The van der Waals surface area contributed by atoms with Crippen molar-refractivity contribution in [1.82, 2.24) is 5.32 Å². The van der Waals surface area contributed by atoms with Crippen LogP contribution in [-0.2, 0) is 9.59 Å². The molecule has 0 aliphatic rings. The number of hydrogen-bond acceptors (Lipinski definition) is 5.